The largest absolute Gasteiger partial charge is 0.493 e. The van der Waals surface area contributed by atoms with Gasteiger partial charge in [0.15, 0.2) is 0 Å². The Labute approximate surface area is 89.9 Å². The van der Waals surface area contributed by atoms with Crippen LogP contribution in [0.3, 0.4) is 0 Å². The Bertz CT molecular complexity index is 400. The molecule has 1 aromatic rings. The Balaban J connectivity index is 1.94. The predicted molar refractivity (Wildman–Crippen MR) is 57.9 cm³/mol. The van der Waals surface area contributed by atoms with E-state index in [9.17, 15) is 5.11 Å². The summed E-state index contributed by atoms with van der Waals surface area (Å²) in [5, 5.41) is 10.4. The van der Waals surface area contributed by atoms with Crippen LogP contribution >= 0.6 is 0 Å². The lowest BCUT2D eigenvalue weighted by Gasteiger charge is -2.11. The fourth-order valence-corrected chi connectivity index (χ4v) is 2.61. The van der Waals surface area contributed by atoms with Crippen LogP contribution in [0.4, 0.5) is 0 Å². The normalized spacial score (nSPS) is 32.3. The van der Waals surface area contributed by atoms with E-state index >= 15 is 0 Å². The van der Waals surface area contributed by atoms with E-state index in [0.717, 1.165) is 37.2 Å². The summed E-state index contributed by atoms with van der Waals surface area (Å²) < 4.78 is 5.46. The maximum Gasteiger partial charge on any atom is 0.122 e. The molecule has 2 heteroatoms. The van der Waals surface area contributed by atoms with Gasteiger partial charge in [0.1, 0.15) is 5.75 Å². The van der Waals surface area contributed by atoms with Crippen molar-refractivity contribution in [2.24, 2.45) is 5.92 Å². The van der Waals surface area contributed by atoms with Gasteiger partial charge in [-0.1, -0.05) is 19.4 Å². The lowest BCUT2D eigenvalue weighted by atomic mass is 10.0. The van der Waals surface area contributed by atoms with E-state index in [1.54, 1.807) is 0 Å². The smallest absolute Gasteiger partial charge is 0.122 e. The zero-order chi connectivity index (χ0) is 10.5. The number of hydrogen-bond donors (Lipinski definition) is 1. The molecule has 1 heterocycles. The van der Waals surface area contributed by atoms with E-state index in [0.29, 0.717) is 5.92 Å². The van der Waals surface area contributed by atoms with Gasteiger partial charge in [-0.05, 0) is 35.6 Å². The van der Waals surface area contributed by atoms with Gasteiger partial charge in [0.05, 0.1) is 12.2 Å². The van der Waals surface area contributed by atoms with Gasteiger partial charge in [-0.2, -0.15) is 0 Å². The summed E-state index contributed by atoms with van der Waals surface area (Å²) >= 11 is 0. The van der Waals surface area contributed by atoms with Crippen molar-refractivity contribution >= 4 is 0 Å². The highest BCUT2D eigenvalue weighted by Crippen LogP contribution is 2.54. The predicted octanol–water partition coefficient (Wildman–Crippen LogP) is 2.24. The molecule has 2 unspecified atom stereocenters. The number of ether oxygens (including phenoxy) is 1. The van der Waals surface area contributed by atoms with Gasteiger partial charge in [0.25, 0.3) is 0 Å². The molecular formula is C13H16O2. The first kappa shape index (κ1) is 9.22. The molecule has 0 radical (unpaired) electrons. The van der Waals surface area contributed by atoms with Crippen LogP contribution in [0.1, 0.15) is 30.9 Å². The minimum Gasteiger partial charge on any atom is -0.493 e. The highest BCUT2D eigenvalue weighted by Gasteiger charge is 2.52. The molecule has 15 heavy (non-hydrogen) atoms. The maximum atomic E-state index is 10.4. The van der Waals surface area contributed by atoms with Gasteiger partial charge >= 0.3 is 0 Å². The SMILES string of the molecule is CCC1CC1(O)c1ccc2c(c1)CCO2. The fourth-order valence-electron chi connectivity index (χ4n) is 2.61. The summed E-state index contributed by atoms with van der Waals surface area (Å²) in [7, 11) is 0. The molecule has 1 fully saturated rings. The Morgan fingerprint density at radius 2 is 2.40 bits per heavy atom. The molecule has 2 atom stereocenters. The van der Waals surface area contributed by atoms with Crippen molar-refractivity contribution in [1.29, 1.82) is 0 Å². The molecule has 1 aromatic carbocycles. The second kappa shape index (κ2) is 2.99. The van der Waals surface area contributed by atoms with E-state index in [2.05, 4.69) is 13.0 Å². The third-order valence-corrected chi connectivity index (χ3v) is 3.75. The molecule has 3 rings (SSSR count). The quantitative estimate of drug-likeness (QED) is 0.800. The molecule has 2 aliphatic rings. The second-order valence-electron chi connectivity index (χ2n) is 4.65. The highest BCUT2D eigenvalue weighted by molar-refractivity contribution is 5.43. The second-order valence-corrected chi connectivity index (χ2v) is 4.65. The van der Waals surface area contributed by atoms with E-state index in [1.165, 1.54) is 5.56 Å². The molecule has 2 nitrogen and oxygen atoms in total. The van der Waals surface area contributed by atoms with Crippen molar-refractivity contribution < 1.29 is 9.84 Å². The molecule has 1 aliphatic carbocycles. The Kier molecular flexibility index (Phi) is 1.84. The molecule has 0 aromatic heterocycles. The summed E-state index contributed by atoms with van der Waals surface area (Å²) in [6.45, 7) is 2.92. The van der Waals surface area contributed by atoms with Gasteiger partial charge in [0, 0.05) is 6.42 Å². The molecular weight excluding hydrogens is 188 g/mol. The van der Waals surface area contributed by atoms with Crippen LogP contribution in [-0.4, -0.2) is 11.7 Å². The lowest BCUT2D eigenvalue weighted by Crippen LogP contribution is -2.08. The standard InChI is InChI=1S/C13H16O2/c1-2-10-8-13(10,14)11-3-4-12-9(7-11)5-6-15-12/h3-4,7,10,14H,2,5-6,8H2,1H3. The van der Waals surface area contributed by atoms with Gasteiger partial charge in [-0.3, -0.25) is 0 Å². The molecule has 0 bridgehead atoms. The minimum atomic E-state index is -0.535. The van der Waals surface area contributed by atoms with Gasteiger partial charge < -0.3 is 9.84 Å². The van der Waals surface area contributed by atoms with Crippen molar-refractivity contribution in [2.45, 2.75) is 31.8 Å². The summed E-state index contributed by atoms with van der Waals surface area (Å²) in [4.78, 5) is 0. The first-order valence-corrected chi connectivity index (χ1v) is 5.72. The summed E-state index contributed by atoms with van der Waals surface area (Å²) in [5.41, 5.74) is 1.80. The lowest BCUT2D eigenvalue weighted by molar-refractivity contribution is 0.130. The Hall–Kier alpha value is -1.02. The third kappa shape index (κ3) is 1.28. The highest BCUT2D eigenvalue weighted by atomic mass is 16.5. The van der Waals surface area contributed by atoms with Crippen LogP contribution in [0.15, 0.2) is 18.2 Å². The van der Waals surface area contributed by atoms with Crippen molar-refractivity contribution in [3.63, 3.8) is 0 Å². The van der Waals surface area contributed by atoms with Crippen LogP contribution in [0.2, 0.25) is 0 Å². The van der Waals surface area contributed by atoms with Crippen molar-refractivity contribution in [3.8, 4) is 5.75 Å². The monoisotopic (exact) mass is 204 g/mol. The van der Waals surface area contributed by atoms with E-state index in [4.69, 9.17) is 4.74 Å². The maximum absolute atomic E-state index is 10.4. The van der Waals surface area contributed by atoms with E-state index in [-0.39, 0.29) is 0 Å². The van der Waals surface area contributed by atoms with Crippen LogP contribution in [0.5, 0.6) is 5.75 Å². The first-order valence-electron chi connectivity index (χ1n) is 5.72. The number of hydrogen-bond acceptors (Lipinski definition) is 2. The first-order chi connectivity index (χ1) is 7.24. The summed E-state index contributed by atoms with van der Waals surface area (Å²) in [6.07, 6.45) is 2.96. The molecule has 0 amide bonds. The van der Waals surface area contributed by atoms with Crippen molar-refractivity contribution in [1.82, 2.24) is 0 Å². The number of aliphatic hydroxyl groups is 1. The van der Waals surface area contributed by atoms with Crippen LogP contribution < -0.4 is 4.74 Å². The summed E-state index contributed by atoms with van der Waals surface area (Å²) in [6, 6.07) is 6.14. The third-order valence-electron chi connectivity index (χ3n) is 3.75. The van der Waals surface area contributed by atoms with Gasteiger partial charge in [-0.25, -0.2) is 0 Å². The molecule has 0 spiro atoms. The topological polar surface area (TPSA) is 29.5 Å². The van der Waals surface area contributed by atoms with E-state index in [1.807, 2.05) is 12.1 Å². The zero-order valence-corrected chi connectivity index (χ0v) is 8.99. The average molecular weight is 204 g/mol. The average Bonchev–Trinajstić information content (AvgIpc) is 2.74. The minimum absolute atomic E-state index is 0.456. The van der Waals surface area contributed by atoms with E-state index < -0.39 is 5.60 Å². The van der Waals surface area contributed by atoms with Crippen molar-refractivity contribution in [3.05, 3.63) is 29.3 Å². The molecule has 80 valence electrons. The van der Waals surface area contributed by atoms with Crippen LogP contribution in [0, 0.1) is 5.92 Å². The molecule has 0 saturated heterocycles. The molecule has 1 aliphatic heterocycles. The zero-order valence-electron chi connectivity index (χ0n) is 8.99. The molecule has 1 saturated carbocycles. The number of rotatable bonds is 2. The van der Waals surface area contributed by atoms with Crippen LogP contribution in [-0.2, 0) is 12.0 Å². The Morgan fingerprint density at radius 3 is 3.13 bits per heavy atom. The Morgan fingerprint density at radius 1 is 1.53 bits per heavy atom. The van der Waals surface area contributed by atoms with Crippen LogP contribution in [0.25, 0.3) is 0 Å². The number of benzene rings is 1. The van der Waals surface area contributed by atoms with Gasteiger partial charge in [0.2, 0.25) is 0 Å². The fraction of sp³-hybridized carbons (Fsp3) is 0.538. The molecule has 1 N–H and O–H groups in total. The van der Waals surface area contributed by atoms with Crippen molar-refractivity contribution in [2.75, 3.05) is 6.61 Å². The van der Waals surface area contributed by atoms with Gasteiger partial charge in [-0.15, -0.1) is 0 Å². The number of fused-ring (bicyclic) bond motifs is 1. The summed E-state index contributed by atoms with van der Waals surface area (Å²) in [5.74, 6) is 1.45.